The van der Waals surface area contributed by atoms with E-state index < -0.39 is 0 Å². The van der Waals surface area contributed by atoms with Crippen molar-refractivity contribution in [2.45, 2.75) is 0 Å². The molecule has 3 heterocycles. The zero-order chi connectivity index (χ0) is 32.6. The van der Waals surface area contributed by atoms with Crippen LogP contribution in [0.15, 0.2) is 164 Å². The molecule has 6 aromatic carbocycles. The number of hydrogen-bond donors (Lipinski definition) is 0. The van der Waals surface area contributed by atoms with Crippen molar-refractivity contribution in [1.82, 2.24) is 24.9 Å². The average Bonchev–Trinajstić information content (AvgIpc) is 3.58. The quantitative estimate of drug-likeness (QED) is 0.180. The molecule has 0 aliphatic heterocycles. The van der Waals surface area contributed by atoms with E-state index in [2.05, 4.69) is 149 Å². The average molecular weight is 646 g/mol. The van der Waals surface area contributed by atoms with E-state index in [1.807, 2.05) is 18.3 Å². The normalized spacial score (nSPS) is 11.3. The zero-order valence-corrected chi connectivity index (χ0v) is 27.0. The molecule has 0 saturated carbocycles. The molecule has 0 saturated heterocycles. The SMILES string of the molecule is c1ccc(-c2cccc(-c3nc(-c4cccc(-c5ccccc5)c4)nc(-c4cccc(-c5cccc6c5sc5cncnc56)c4)n3)c2)cc1. The number of hydrogen-bond acceptors (Lipinski definition) is 6. The van der Waals surface area contributed by atoms with E-state index in [1.165, 1.54) is 4.70 Å². The van der Waals surface area contributed by atoms with Gasteiger partial charge in [0.25, 0.3) is 0 Å². The molecule has 0 N–H and O–H groups in total. The highest BCUT2D eigenvalue weighted by Crippen LogP contribution is 2.39. The van der Waals surface area contributed by atoms with Gasteiger partial charge in [-0.1, -0.05) is 133 Å². The predicted molar refractivity (Wildman–Crippen MR) is 201 cm³/mol. The van der Waals surface area contributed by atoms with Crippen molar-refractivity contribution in [3.63, 3.8) is 0 Å². The fourth-order valence-corrected chi connectivity index (χ4v) is 7.45. The van der Waals surface area contributed by atoms with Crippen LogP contribution in [-0.2, 0) is 0 Å². The minimum atomic E-state index is 0.617. The van der Waals surface area contributed by atoms with Gasteiger partial charge in [0.1, 0.15) is 6.33 Å². The van der Waals surface area contributed by atoms with Crippen LogP contribution in [0.25, 0.3) is 87.8 Å². The summed E-state index contributed by atoms with van der Waals surface area (Å²) in [6.07, 6.45) is 3.50. The maximum absolute atomic E-state index is 5.11. The predicted octanol–water partition coefficient (Wildman–Crippen LogP) is 11.0. The maximum Gasteiger partial charge on any atom is 0.164 e. The van der Waals surface area contributed by atoms with E-state index >= 15 is 0 Å². The highest BCUT2D eigenvalue weighted by molar-refractivity contribution is 7.26. The summed E-state index contributed by atoms with van der Waals surface area (Å²) in [7, 11) is 0. The molecule has 0 spiro atoms. The van der Waals surface area contributed by atoms with Crippen molar-refractivity contribution in [2.75, 3.05) is 0 Å². The lowest BCUT2D eigenvalue weighted by Crippen LogP contribution is -2.00. The summed E-state index contributed by atoms with van der Waals surface area (Å²) in [6, 6.07) is 52.4. The summed E-state index contributed by atoms with van der Waals surface area (Å²) < 4.78 is 2.26. The molecule has 9 aromatic rings. The van der Waals surface area contributed by atoms with E-state index in [9.17, 15) is 0 Å². The molecule has 230 valence electrons. The van der Waals surface area contributed by atoms with Gasteiger partial charge in [0.15, 0.2) is 17.5 Å². The Hall–Kier alpha value is -6.37. The van der Waals surface area contributed by atoms with Gasteiger partial charge in [-0.2, -0.15) is 0 Å². The van der Waals surface area contributed by atoms with Gasteiger partial charge in [-0.15, -0.1) is 11.3 Å². The van der Waals surface area contributed by atoms with Crippen LogP contribution < -0.4 is 0 Å². The highest BCUT2D eigenvalue weighted by Gasteiger charge is 2.16. The monoisotopic (exact) mass is 645 g/mol. The van der Waals surface area contributed by atoms with Crippen molar-refractivity contribution in [1.29, 1.82) is 0 Å². The van der Waals surface area contributed by atoms with Crippen LogP contribution in [0.4, 0.5) is 0 Å². The fourth-order valence-electron chi connectivity index (χ4n) is 6.29. The van der Waals surface area contributed by atoms with Crippen LogP contribution in [-0.4, -0.2) is 24.9 Å². The smallest absolute Gasteiger partial charge is 0.164 e. The molecule has 0 aliphatic carbocycles. The number of thiophene rings is 1. The third-order valence-electron chi connectivity index (χ3n) is 8.68. The molecule has 0 amide bonds. The van der Waals surface area contributed by atoms with Crippen LogP contribution >= 0.6 is 11.3 Å². The second kappa shape index (κ2) is 12.3. The summed E-state index contributed by atoms with van der Waals surface area (Å²) in [5, 5.41) is 1.13. The molecule has 9 rings (SSSR count). The van der Waals surface area contributed by atoms with E-state index in [0.29, 0.717) is 17.5 Å². The largest absolute Gasteiger partial charge is 0.243 e. The second-order valence-corrected chi connectivity index (χ2v) is 12.9. The molecule has 0 bridgehead atoms. The van der Waals surface area contributed by atoms with Crippen LogP contribution in [0, 0.1) is 0 Å². The van der Waals surface area contributed by atoms with Gasteiger partial charge in [-0.25, -0.2) is 24.9 Å². The van der Waals surface area contributed by atoms with Crippen molar-refractivity contribution >= 4 is 31.6 Å². The molecular weight excluding hydrogens is 619 g/mol. The Bertz CT molecular complexity index is 2510. The van der Waals surface area contributed by atoms with E-state index in [4.69, 9.17) is 15.0 Å². The van der Waals surface area contributed by atoms with Crippen LogP contribution in [0.5, 0.6) is 0 Å². The fraction of sp³-hybridized carbons (Fsp3) is 0. The standard InChI is InChI=1S/C43H27N5S/c1-3-11-28(12-4-1)30-15-7-18-33(23-30)41-46-42(34-19-8-16-31(24-34)29-13-5-2-6-14-29)48-43(47-41)35-20-9-17-32(25-35)36-21-10-22-37-39-38(49-40(36)37)26-44-27-45-39/h1-27H. The van der Waals surface area contributed by atoms with Crippen LogP contribution in [0.3, 0.4) is 0 Å². The van der Waals surface area contributed by atoms with Crippen molar-refractivity contribution in [3.8, 4) is 67.5 Å². The number of rotatable bonds is 6. The molecule has 0 unspecified atom stereocenters. The van der Waals surface area contributed by atoms with Gasteiger partial charge in [0, 0.05) is 33.0 Å². The first-order valence-corrected chi connectivity index (χ1v) is 16.9. The number of fused-ring (bicyclic) bond motifs is 3. The minimum Gasteiger partial charge on any atom is -0.243 e. The molecule has 5 nitrogen and oxygen atoms in total. The first-order valence-electron chi connectivity index (χ1n) is 16.1. The Morgan fingerprint density at radius 2 is 0.878 bits per heavy atom. The number of aromatic nitrogens is 5. The summed E-state index contributed by atoms with van der Waals surface area (Å²) in [5.41, 5.74) is 10.5. The summed E-state index contributed by atoms with van der Waals surface area (Å²) >= 11 is 1.72. The Morgan fingerprint density at radius 3 is 1.45 bits per heavy atom. The Labute approximate surface area is 287 Å². The summed E-state index contributed by atoms with van der Waals surface area (Å²) in [6.45, 7) is 0. The first kappa shape index (κ1) is 28.8. The minimum absolute atomic E-state index is 0.617. The van der Waals surface area contributed by atoms with E-state index in [1.54, 1.807) is 17.7 Å². The van der Waals surface area contributed by atoms with Crippen molar-refractivity contribution in [3.05, 3.63) is 164 Å². The van der Waals surface area contributed by atoms with Gasteiger partial charge in [-0.3, -0.25) is 0 Å². The van der Waals surface area contributed by atoms with Gasteiger partial charge in [0.2, 0.25) is 0 Å². The molecule has 6 heteroatoms. The summed E-state index contributed by atoms with van der Waals surface area (Å²) in [5.74, 6) is 1.86. The second-order valence-electron chi connectivity index (χ2n) is 11.8. The maximum atomic E-state index is 5.11. The molecule has 0 aliphatic rings. The summed E-state index contributed by atoms with van der Waals surface area (Å²) in [4.78, 5) is 24.1. The number of benzene rings is 6. The van der Waals surface area contributed by atoms with Gasteiger partial charge in [0.05, 0.1) is 10.2 Å². The van der Waals surface area contributed by atoms with Gasteiger partial charge >= 0.3 is 0 Å². The van der Waals surface area contributed by atoms with Crippen molar-refractivity contribution in [2.24, 2.45) is 0 Å². The zero-order valence-electron chi connectivity index (χ0n) is 26.2. The lowest BCUT2D eigenvalue weighted by Gasteiger charge is -2.11. The third kappa shape index (κ3) is 5.54. The molecule has 0 radical (unpaired) electrons. The van der Waals surface area contributed by atoms with Crippen LogP contribution in [0.2, 0.25) is 0 Å². The van der Waals surface area contributed by atoms with Crippen LogP contribution in [0.1, 0.15) is 0 Å². The van der Waals surface area contributed by atoms with Gasteiger partial charge in [-0.05, 0) is 51.6 Å². The van der Waals surface area contributed by atoms with E-state index in [-0.39, 0.29) is 0 Å². The molecular formula is C43H27N5S. The Kier molecular flexibility index (Phi) is 7.26. The third-order valence-corrected chi connectivity index (χ3v) is 9.85. The first-order chi connectivity index (χ1) is 24.3. The van der Waals surface area contributed by atoms with E-state index in [0.717, 1.165) is 65.7 Å². The van der Waals surface area contributed by atoms with Crippen molar-refractivity contribution < 1.29 is 0 Å². The lowest BCUT2D eigenvalue weighted by atomic mass is 10.0. The Balaban J connectivity index is 1.20. The Morgan fingerprint density at radius 1 is 0.408 bits per heavy atom. The lowest BCUT2D eigenvalue weighted by molar-refractivity contribution is 1.07. The molecule has 0 atom stereocenters. The molecule has 49 heavy (non-hydrogen) atoms. The highest BCUT2D eigenvalue weighted by atomic mass is 32.1. The topological polar surface area (TPSA) is 64.5 Å². The number of nitrogens with zero attached hydrogens (tertiary/aromatic N) is 5. The molecule has 3 aromatic heterocycles. The van der Waals surface area contributed by atoms with Gasteiger partial charge < -0.3 is 0 Å². The molecule has 0 fully saturated rings.